The molecule has 6 nitrogen and oxygen atoms in total. The van der Waals surface area contributed by atoms with Crippen molar-refractivity contribution in [2.24, 2.45) is 0 Å². The number of aromatic nitrogens is 3. The third-order valence-electron chi connectivity index (χ3n) is 24.5. The molecule has 0 N–H and O–H groups in total. The van der Waals surface area contributed by atoms with Crippen LogP contribution in [0.2, 0.25) is 0 Å². The van der Waals surface area contributed by atoms with Crippen LogP contribution in [0.25, 0.3) is 148 Å². The fourth-order valence-corrected chi connectivity index (χ4v) is 18.6. The zero-order valence-electron chi connectivity index (χ0n) is 69.2. The Morgan fingerprint density at radius 3 is 0.738 bits per heavy atom. The fraction of sp³-hybridized carbons (Fsp3) is 0. The standard InChI is InChI=1S/3C40H28N2/c1-2-13-31(14-3-1)41(32-23-21-30(22-24-32)36-18-10-12-29-11-4-5-15-35(29)36)33-25-27-34(28-26-33)42-39-19-8-6-16-37(39)38-17-7-9-20-40(38)42;1-2-13-33(14-3-1)41(34-25-23-30(24-26-34)32-22-21-29-11-4-5-12-31(29)27-32)35-15-10-16-36(28-35)42-39-19-8-6-17-37(39)38-18-7-9-20-40(38)42;1-2-12-33(13-3-1)41(34-22-20-30(21-23-34)32-19-18-29-10-4-5-11-31(29)28-32)35-24-26-36(27-25-35)42-39-16-8-6-14-37(39)38-15-7-9-17-40(38)42/h3*1-28H. The molecular formula is C120H84N6. The van der Waals surface area contributed by atoms with Crippen LogP contribution in [-0.2, 0) is 0 Å². The summed E-state index contributed by atoms with van der Waals surface area (Å²) in [4.78, 5) is 6.98. The van der Waals surface area contributed by atoms with Gasteiger partial charge < -0.3 is 28.4 Å². The van der Waals surface area contributed by atoms with E-state index in [1.807, 2.05) is 0 Å². The number of benzene rings is 21. The summed E-state index contributed by atoms with van der Waals surface area (Å²) in [7, 11) is 0. The van der Waals surface area contributed by atoms with Gasteiger partial charge in [-0.25, -0.2) is 0 Å². The molecule has 0 saturated heterocycles. The first-order valence-corrected chi connectivity index (χ1v) is 43.1. The van der Waals surface area contributed by atoms with Crippen molar-refractivity contribution < 1.29 is 0 Å². The van der Waals surface area contributed by atoms with Crippen LogP contribution in [0.15, 0.2) is 510 Å². The predicted molar refractivity (Wildman–Crippen MR) is 535 cm³/mol. The maximum Gasteiger partial charge on any atom is 0.0541 e. The van der Waals surface area contributed by atoms with E-state index in [0.717, 1.165) is 68.2 Å². The van der Waals surface area contributed by atoms with E-state index in [-0.39, 0.29) is 0 Å². The molecule has 24 aromatic rings. The van der Waals surface area contributed by atoms with Gasteiger partial charge in [0.2, 0.25) is 0 Å². The van der Waals surface area contributed by atoms with Gasteiger partial charge >= 0.3 is 0 Å². The van der Waals surface area contributed by atoms with E-state index in [1.54, 1.807) is 0 Å². The number of rotatable bonds is 15. The fourth-order valence-electron chi connectivity index (χ4n) is 18.6. The Hall–Kier alpha value is -16.8. The largest absolute Gasteiger partial charge is 0.311 e. The maximum absolute atomic E-state index is 2.38. The molecule has 0 spiro atoms. The first-order valence-electron chi connectivity index (χ1n) is 43.1. The van der Waals surface area contributed by atoms with E-state index in [0.29, 0.717) is 0 Å². The number of hydrogen-bond acceptors (Lipinski definition) is 3. The molecular weight excluding hydrogens is 1530 g/mol. The van der Waals surface area contributed by atoms with Gasteiger partial charge in [0.25, 0.3) is 0 Å². The molecule has 6 heteroatoms. The van der Waals surface area contributed by atoms with Gasteiger partial charge in [-0.05, 0) is 254 Å². The number of para-hydroxylation sites is 9. The number of hydrogen-bond donors (Lipinski definition) is 0. The van der Waals surface area contributed by atoms with E-state index in [1.165, 1.54) is 131 Å². The van der Waals surface area contributed by atoms with Gasteiger partial charge in [0.1, 0.15) is 0 Å². The molecule has 0 atom stereocenters. The van der Waals surface area contributed by atoms with Crippen molar-refractivity contribution in [2.75, 3.05) is 14.7 Å². The maximum atomic E-state index is 2.38. The first-order chi connectivity index (χ1) is 62.5. The summed E-state index contributed by atoms with van der Waals surface area (Å²) in [5, 5.41) is 15.2. The third kappa shape index (κ3) is 14.4. The van der Waals surface area contributed by atoms with E-state index in [2.05, 4.69) is 538 Å². The van der Waals surface area contributed by atoms with E-state index < -0.39 is 0 Å². The second-order valence-corrected chi connectivity index (χ2v) is 32.0. The summed E-state index contributed by atoms with van der Waals surface area (Å²) < 4.78 is 7.10. The van der Waals surface area contributed by atoms with Crippen molar-refractivity contribution in [2.45, 2.75) is 0 Å². The Bertz CT molecular complexity index is 7880. The molecule has 0 aliphatic heterocycles. The minimum atomic E-state index is 1.11. The van der Waals surface area contributed by atoms with Crippen LogP contribution in [0.3, 0.4) is 0 Å². The SMILES string of the molecule is c1ccc(N(c2ccc(-c3ccc4ccccc4c3)cc2)c2ccc(-n3c4ccccc4c4ccccc43)cc2)cc1.c1ccc(N(c2ccc(-c3ccc4ccccc4c3)cc2)c2cccc(-n3c4ccccc4c4ccccc43)c2)cc1.c1ccc(N(c2ccc(-c3cccc4ccccc34)cc2)c2ccc(-n3c4ccccc4c4ccccc43)cc2)cc1. The Morgan fingerprint density at radius 2 is 0.373 bits per heavy atom. The van der Waals surface area contributed by atoms with Crippen LogP contribution >= 0.6 is 0 Å². The van der Waals surface area contributed by atoms with Gasteiger partial charge in [-0.1, -0.05) is 322 Å². The van der Waals surface area contributed by atoms with Crippen molar-refractivity contribution >= 4 is 149 Å². The van der Waals surface area contributed by atoms with Gasteiger partial charge in [-0.2, -0.15) is 0 Å². The number of nitrogens with zero attached hydrogens (tertiary/aromatic N) is 6. The quantitative estimate of drug-likeness (QED) is 0.102. The monoisotopic (exact) mass is 1610 g/mol. The molecule has 24 rings (SSSR count). The number of anilines is 9. The zero-order chi connectivity index (χ0) is 83.6. The first kappa shape index (κ1) is 75.4. The van der Waals surface area contributed by atoms with Crippen LogP contribution in [0.1, 0.15) is 0 Å². The van der Waals surface area contributed by atoms with Crippen molar-refractivity contribution in [3.63, 3.8) is 0 Å². The Morgan fingerprint density at radius 1 is 0.127 bits per heavy atom. The van der Waals surface area contributed by atoms with Gasteiger partial charge in [0, 0.05) is 101 Å². The van der Waals surface area contributed by atoms with Crippen molar-refractivity contribution in [3.05, 3.63) is 510 Å². The molecule has 0 fully saturated rings. The van der Waals surface area contributed by atoms with Crippen LogP contribution in [0.4, 0.5) is 51.2 Å². The van der Waals surface area contributed by atoms with E-state index in [4.69, 9.17) is 0 Å². The molecule has 21 aromatic carbocycles. The summed E-state index contributed by atoms with van der Waals surface area (Å²) in [5.74, 6) is 0. The summed E-state index contributed by atoms with van der Waals surface area (Å²) in [6.45, 7) is 0. The molecule has 0 radical (unpaired) electrons. The van der Waals surface area contributed by atoms with Gasteiger partial charge in [0.15, 0.2) is 0 Å². The highest BCUT2D eigenvalue weighted by Crippen LogP contribution is 2.44. The summed E-state index contributed by atoms with van der Waals surface area (Å²) >= 11 is 0. The molecule has 594 valence electrons. The molecule has 0 saturated carbocycles. The second-order valence-electron chi connectivity index (χ2n) is 32.0. The lowest BCUT2D eigenvalue weighted by Crippen LogP contribution is -2.10. The second kappa shape index (κ2) is 33.3. The van der Waals surface area contributed by atoms with Crippen LogP contribution in [0.5, 0.6) is 0 Å². The molecule has 0 bridgehead atoms. The number of fused-ring (bicyclic) bond motifs is 12. The third-order valence-corrected chi connectivity index (χ3v) is 24.5. The Kier molecular flexibility index (Phi) is 19.9. The Balaban J connectivity index is 0.000000112. The summed E-state index contributed by atoms with van der Waals surface area (Å²) in [5.41, 5.74) is 28.1. The van der Waals surface area contributed by atoms with Crippen LogP contribution in [0, 0.1) is 0 Å². The molecule has 3 heterocycles. The normalized spacial score (nSPS) is 11.3. The summed E-state index contributed by atoms with van der Waals surface area (Å²) in [6.07, 6.45) is 0. The summed E-state index contributed by atoms with van der Waals surface area (Å²) in [6, 6.07) is 183. The lowest BCUT2D eigenvalue weighted by atomic mass is 9.98. The van der Waals surface area contributed by atoms with Gasteiger partial charge in [0.05, 0.1) is 33.1 Å². The van der Waals surface area contributed by atoms with E-state index >= 15 is 0 Å². The lowest BCUT2D eigenvalue weighted by molar-refractivity contribution is 1.17. The minimum absolute atomic E-state index is 1.11. The van der Waals surface area contributed by atoms with E-state index in [9.17, 15) is 0 Å². The molecule has 126 heavy (non-hydrogen) atoms. The molecule has 0 aliphatic carbocycles. The van der Waals surface area contributed by atoms with Gasteiger partial charge in [-0.15, -0.1) is 0 Å². The highest BCUT2D eigenvalue weighted by molar-refractivity contribution is 6.12. The lowest BCUT2D eigenvalue weighted by Gasteiger charge is -2.26. The van der Waals surface area contributed by atoms with Crippen LogP contribution in [-0.4, -0.2) is 13.7 Å². The Labute approximate surface area is 732 Å². The highest BCUT2D eigenvalue weighted by atomic mass is 15.2. The topological polar surface area (TPSA) is 24.5 Å². The molecule has 0 unspecified atom stereocenters. The highest BCUT2D eigenvalue weighted by Gasteiger charge is 2.22. The molecule has 0 aliphatic rings. The van der Waals surface area contributed by atoms with Crippen molar-refractivity contribution in [3.8, 4) is 50.4 Å². The average Bonchev–Trinajstić information content (AvgIpc) is 1.60. The minimum Gasteiger partial charge on any atom is -0.311 e. The van der Waals surface area contributed by atoms with Crippen molar-refractivity contribution in [1.82, 2.24) is 13.7 Å². The van der Waals surface area contributed by atoms with Crippen molar-refractivity contribution in [1.29, 1.82) is 0 Å². The average molecular weight is 1610 g/mol. The predicted octanol–water partition coefficient (Wildman–Crippen LogP) is 33.2. The van der Waals surface area contributed by atoms with Crippen LogP contribution < -0.4 is 14.7 Å². The molecule has 0 amide bonds. The molecule has 3 aromatic heterocycles. The smallest absolute Gasteiger partial charge is 0.0541 e. The van der Waals surface area contributed by atoms with Gasteiger partial charge in [-0.3, -0.25) is 0 Å². The zero-order valence-corrected chi connectivity index (χ0v) is 69.2.